The molecular weight excluding hydrogens is 336 g/mol. The molecule has 0 bridgehead atoms. The molecule has 1 aliphatic carbocycles. The van der Waals surface area contributed by atoms with Crippen molar-refractivity contribution in [3.05, 3.63) is 28.2 Å². The average molecular weight is 355 g/mol. The molecule has 1 saturated carbocycles. The Hall–Kier alpha value is -1.56. The maximum atomic E-state index is 11.8. The topological polar surface area (TPSA) is 92.4 Å². The number of carboxylic acids is 1. The fourth-order valence-electron chi connectivity index (χ4n) is 2.82. The highest BCUT2D eigenvalue weighted by molar-refractivity contribution is 9.10. The Bertz CT molecular complexity index is 552. The van der Waals surface area contributed by atoms with E-state index in [4.69, 9.17) is 5.73 Å². The summed E-state index contributed by atoms with van der Waals surface area (Å²) in [7, 11) is 0. The molecule has 0 unspecified atom stereocenters. The van der Waals surface area contributed by atoms with Gasteiger partial charge in [0.25, 0.3) is 5.91 Å². The minimum Gasteiger partial charge on any atom is -0.480 e. The van der Waals surface area contributed by atoms with Gasteiger partial charge in [-0.1, -0.05) is 41.6 Å². The van der Waals surface area contributed by atoms with E-state index in [2.05, 4.69) is 21.2 Å². The van der Waals surface area contributed by atoms with Gasteiger partial charge in [0.1, 0.15) is 5.54 Å². The van der Waals surface area contributed by atoms with E-state index in [1.54, 1.807) is 18.2 Å². The molecule has 0 saturated heterocycles. The average Bonchev–Trinajstić information content (AvgIpc) is 2.65. The van der Waals surface area contributed by atoms with Gasteiger partial charge in [0.05, 0.1) is 5.56 Å². The normalized spacial score (nSPS) is 17.8. The SMILES string of the molecule is NC(=O)c1ccc(Br)cc1NC1(C(=O)O)CCCCCC1. The van der Waals surface area contributed by atoms with Crippen molar-refractivity contribution in [3.8, 4) is 0 Å². The zero-order valence-corrected chi connectivity index (χ0v) is 13.3. The number of carboxylic acid groups (broad SMARTS) is 1. The summed E-state index contributed by atoms with van der Waals surface area (Å²) in [6, 6.07) is 5.02. The molecule has 1 amide bonds. The summed E-state index contributed by atoms with van der Waals surface area (Å²) in [4.78, 5) is 23.3. The molecule has 1 aromatic carbocycles. The maximum Gasteiger partial charge on any atom is 0.329 e. The smallest absolute Gasteiger partial charge is 0.329 e. The Kier molecular flexibility index (Phi) is 4.88. The van der Waals surface area contributed by atoms with E-state index in [1.807, 2.05) is 0 Å². The fraction of sp³-hybridized carbons (Fsp3) is 0.467. The number of hydrogen-bond donors (Lipinski definition) is 3. The molecule has 4 N–H and O–H groups in total. The first-order valence-electron chi connectivity index (χ1n) is 7.05. The van der Waals surface area contributed by atoms with Crippen LogP contribution in [0.15, 0.2) is 22.7 Å². The van der Waals surface area contributed by atoms with Crippen LogP contribution in [0.2, 0.25) is 0 Å². The number of halogens is 1. The van der Waals surface area contributed by atoms with Gasteiger partial charge in [0, 0.05) is 10.2 Å². The highest BCUT2D eigenvalue weighted by Crippen LogP contribution is 2.33. The van der Waals surface area contributed by atoms with Crippen LogP contribution in [0, 0.1) is 0 Å². The van der Waals surface area contributed by atoms with E-state index in [9.17, 15) is 14.7 Å². The predicted octanol–water partition coefficient (Wildman–Crippen LogP) is 3.14. The molecule has 1 aromatic rings. The Morgan fingerprint density at radius 1 is 1.19 bits per heavy atom. The second-order valence-electron chi connectivity index (χ2n) is 5.48. The number of rotatable bonds is 4. The molecule has 5 nitrogen and oxygen atoms in total. The van der Waals surface area contributed by atoms with Gasteiger partial charge in [-0.05, 0) is 31.0 Å². The number of nitrogens with one attached hydrogen (secondary N) is 1. The lowest BCUT2D eigenvalue weighted by atomic mass is 9.89. The monoisotopic (exact) mass is 354 g/mol. The predicted molar refractivity (Wildman–Crippen MR) is 84.4 cm³/mol. The third kappa shape index (κ3) is 3.56. The Balaban J connectivity index is 2.39. The number of anilines is 1. The molecule has 0 atom stereocenters. The first-order valence-corrected chi connectivity index (χ1v) is 7.85. The summed E-state index contributed by atoms with van der Waals surface area (Å²) in [5.74, 6) is -1.45. The zero-order chi connectivity index (χ0) is 15.5. The van der Waals surface area contributed by atoms with Crippen molar-refractivity contribution in [3.63, 3.8) is 0 Å². The number of aliphatic carboxylic acids is 1. The van der Waals surface area contributed by atoms with Crippen LogP contribution in [0.25, 0.3) is 0 Å². The van der Waals surface area contributed by atoms with Crippen LogP contribution in [0.4, 0.5) is 5.69 Å². The number of benzene rings is 1. The summed E-state index contributed by atoms with van der Waals surface area (Å²) in [5.41, 5.74) is 5.13. The van der Waals surface area contributed by atoms with E-state index in [1.165, 1.54) is 0 Å². The van der Waals surface area contributed by atoms with Gasteiger partial charge in [-0.2, -0.15) is 0 Å². The number of nitrogens with two attached hydrogens (primary N) is 1. The Labute approximate surface area is 132 Å². The fourth-order valence-corrected chi connectivity index (χ4v) is 3.18. The van der Waals surface area contributed by atoms with Crippen molar-refractivity contribution in [1.29, 1.82) is 0 Å². The molecule has 6 heteroatoms. The van der Waals surface area contributed by atoms with Crippen LogP contribution in [-0.4, -0.2) is 22.5 Å². The van der Waals surface area contributed by atoms with E-state index >= 15 is 0 Å². The molecule has 0 aromatic heterocycles. The Morgan fingerprint density at radius 3 is 2.33 bits per heavy atom. The van der Waals surface area contributed by atoms with Crippen molar-refractivity contribution in [2.45, 2.75) is 44.1 Å². The molecular formula is C15H19BrN2O3. The largest absolute Gasteiger partial charge is 0.480 e. The first-order chi connectivity index (χ1) is 9.94. The lowest BCUT2D eigenvalue weighted by molar-refractivity contribution is -0.142. The lowest BCUT2D eigenvalue weighted by Gasteiger charge is -2.31. The van der Waals surface area contributed by atoms with Crippen molar-refractivity contribution in [1.82, 2.24) is 0 Å². The third-order valence-electron chi connectivity index (χ3n) is 3.99. The summed E-state index contributed by atoms with van der Waals surface area (Å²) < 4.78 is 0.768. The standard InChI is InChI=1S/C15H19BrN2O3/c16-10-5-6-11(13(17)19)12(9-10)18-15(14(20)21)7-3-1-2-4-8-15/h5-6,9,18H,1-4,7-8H2,(H2,17,19)(H,20,21). The van der Waals surface area contributed by atoms with Gasteiger partial charge in [0.15, 0.2) is 0 Å². The molecule has 0 radical (unpaired) electrons. The van der Waals surface area contributed by atoms with Crippen LogP contribution < -0.4 is 11.1 Å². The molecule has 1 fully saturated rings. The summed E-state index contributed by atoms with van der Waals surface area (Å²) in [6.45, 7) is 0. The minimum absolute atomic E-state index is 0.308. The molecule has 2 rings (SSSR count). The van der Waals surface area contributed by atoms with Gasteiger partial charge in [-0.25, -0.2) is 4.79 Å². The second-order valence-corrected chi connectivity index (χ2v) is 6.40. The zero-order valence-electron chi connectivity index (χ0n) is 11.7. The molecule has 1 aliphatic rings. The number of hydrogen-bond acceptors (Lipinski definition) is 3. The van der Waals surface area contributed by atoms with Gasteiger partial charge < -0.3 is 16.2 Å². The molecule has 21 heavy (non-hydrogen) atoms. The quantitative estimate of drug-likeness (QED) is 0.724. The van der Waals surface area contributed by atoms with Gasteiger partial charge in [-0.3, -0.25) is 4.79 Å². The number of primary amides is 1. The highest BCUT2D eigenvalue weighted by Gasteiger charge is 2.39. The second kappa shape index (κ2) is 6.47. The summed E-state index contributed by atoms with van der Waals surface area (Å²) >= 11 is 3.34. The van der Waals surface area contributed by atoms with E-state index < -0.39 is 17.4 Å². The number of carbonyl (C=O) groups is 2. The minimum atomic E-state index is -1.03. The lowest BCUT2D eigenvalue weighted by Crippen LogP contribution is -2.46. The van der Waals surface area contributed by atoms with Crippen LogP contribution in [0.1, 0.15) is 48.9 Å². The van der Waals surface area contributed by atoms with Gasteiger partial charge in [0.2, 0.25) is 0 Å². The Morgan fingerprint density at radius 2 is 1.81 bits per heavy atom. The van der Waals surface area contributed by atoms with Gasteiger partial charge >= 0.3 is 5.97 Å². The highest BCUT2D eigenvalue weighted by atomic mass is 79.9. The maximum absolute atomic E-state index is 11.8. The van der Waals surface area contributed by atoms with Crippen LogP contribution in [0.5, 0.6) is 0 Å². The van der Waals surface area contributed by atoms with Crippen molar-refractivity contribution in [2.75, 3.05) is 5.32 Å². The van der Waals surface area contributed by atoms with Crippen molar-refractivity contribution >= 4 is 33.5 Å². The molecule has 0 heterocycles. The van der Waals surface area contributed by atoms with Gasteiger partial charge in [-0.15, -0.1) is 0 Å². The van der Waals surface area contributed by atoms with Crippen molar-refractivity contribution < 1.29 is 14.7 Å². The molecule has 0 aliphatic heterocycles. The van der Waals surface area contributed by atoms with E-state index in [0.29, 0.717) is 24.1 Å². The van der Waals surface area contributed by atoms with Crippen LogP contribution >= 0.6 is 15.9 Å². The third-order valence-corrected chi connectivity index (χ3v) is 4.48. The van der Waals surface area contributed by atoms with Crippen molar-refractivity contribution in [2.24, 2.45) is 5.73 Å². The van der Waals surface area contributed by atoms with E-state index in [-0.39, 0.29) is 0 Å². The van der Waals surface area contributed by atoms with Crippen LogP contribution in [0.3, 0.4) is 0 Å². The molecule has 114 valence electrons. The van der Waals surface area contributed by atoms with Crippen LogP contribution in [-0.2, 0) is 4.79 Å². The number of carbonyl (C=O) groups excluding carboxylic acids is 1. The summed E-state index contributed by atoms with van der Waals surface area (Å²) in [6.07, 6.45) is 4.90. The van der Waals surface area contributed by atoms with E-state index in [0.717, 1.165) is 30.2 Å². The summed E-state index contributed by atoms with van der Waals surface area (Å²) in [5, 5.41) is 12.8. The first kappa shape index (κ1) is 15.8. The number of amides is 1. The molecule has 0 spiro atoms.